The minimum atomic E-state index is -3.49. The number of hydrogen-bond acceptors (Lipinski definition) is 6. The first-order valence-corrected chi connectivity index (χ1v) is 14.4. The molecule has 0 aromatic heterocycles. The van der Waals surface area contributed by atoms with Gasteiger partial charge in [-0.25, -0.2) is 8.42 Å². The summed E-state index contributed by atoms with van der Waals surface area (Å²) in [4.78, 5) is 13.4. The number of ether oxygens (including phenoxy) is 2. The van der Waals surface area contributed by atoms with Gasteiger partial charge in [0.2, 0.25) is 5.91 Å². The van der Waals surface area contributed by atoms with Gasteiger partial charge in [0.25, 0.3) is 0 Å². The Morgan fingerprint density at radius 2 is 1.75 bits per heavy atom. The molecule has 0 aliphatic carbocycles. The third-order valence-electron chi connectivity index (χ3n) is 6.38. The van der Waals surface area contributed by atoms with Crippen LogP contribution in [-0.2, 0) is 20.0 Å². The maximum atomic E-state index is 13.4. The molecule has 0 spiro atoms. The van der Waals surface area contributed by atoms with Gasteiger partial charge in [-0.3, -0.25) is 4.79 Å². The van der Waals surface area contributed by atoms with Gasteiger partial charge < -0.3 is 20.5 Å². The number of amides is 1. The molecule has 0 radical (unpaired) electrons. The monoisotopic (exact) mass is 518 g/mol. The summed E-state index contributed by atoms with van der Waals surface area (Å²) in [6, 6.07) is 10.9. The highest BCUT2D eigenvalue weighted by molar-refractivity contribution is 7.90. The lowest BCUT2D eigenvalue weighted by Gasteiger charge is -2.25. The summed E-state index contributed by atoms with van der Waals surface area (Å²) in [5.41, 5.74) is 8.62. The van der Waals surface area contributed by atoms with Crippen LogP contribution in [0.5, 0.6) is 11.5 Å². The van der Waals surface area contributed by atoms with Crippen molar-refractivity contribution in [1.29, 1.82) is 0 Å². The molecule has 2 rings (SSSR count). The highest BCUT2D eigenvalue weighted by Gasteiger charge is 2.25. The number of unbranched alkanes of at least 4 members (excludes halogenated alkanes) is 2. The Balaban J connectivity index is 2.40. The quantitative estimate of drug-likeness (QED) is 0.349. The zero-order valence-corrected chi connectivity index (χ0v) is 23.5. The molecule has 1 amide bonds. The molecule has 8 heteroatoms. The molecular formula is C28H42N2O5S. The Morgan fingerprint density at radius 3 is 2.31 bits per heavy atom. The average molecular weight is 519 g/mol. The number of benzene rings is 2. The van der Waals surface area contributed by atoms with Crippen LogP contribution in [0.3, 0.4) is 0 Å². The van der Waals surface area contributed by atoms with Crippen LogP contribution in [0.4, 0.5) is 5.69 Å². The third kappa shape index (κ3) is 7.96. The van der Waals surface area contributed by atoms with Gasteiger partial charge >= 0.3 is 0 Å². The Bertz CT molecular complexity index is 1140. The van der Waals surface area contributed by atoms with Crippen LogP contribution in [0.2, 0.25) is 0 Å². The topological polar surface area (TPSA) is 108 Å². The molecule has 0 saturated carbocycles. The summed E-state index contributed by atoms with van der Waals surface area (Å²) >= 11 is 0. The number of sulfone groups is 1. The van der Waals surface area contributed by atoms with E-state index in [4.69, 9.17) is 15.2 Å². The van der Waals surface area contributed by atoms with Gasteiger partial charge in [-0.1, -0.05) is 65.2 Å². The fourth-order valence-electron chi connectivity index (χ4n) is 4.33. The molecule has 200 valence electrons. The van der Waals surface area contributed by atoms with Crippen LogP contribution in [-0.4, -0.2) is 34.8 Å². The van der Waals surface area contributed by atoms with E-state index >= 15 is 0 Å². The van der Waals surface area contributed by atoms with E-state index < -0.39 is 15.2 Å². The fraction of sp³-hybridized carbons (Fsp3) is 0.536. The number of methoxy groups -OCH3 is 2. The van der Waals surface area contributed by atoms with Crippen LogP contribution in [0, 0.1) is 0 Å². The van der Waals surface area contributed by atoms with Crippen molar-refractivity contribution in [3.05, 3.63) is 53.1 Å². The van der Waals surface area contributed by atoms with Crippen molar-refractivity contribution in [3.8, 4) is 11.5 Å². The van der Waals surface area contributed by atoms with E-state index in [9.17, 15) is 13.2 Å². The molecule has 36 heavy (non-hydrogen) atoms. The Hall–Kier alpha value is -2.58. The van der Waals surface area contributed by atoms with E-state index in [0.717, 1.165) is 43.1 Å². The maximum absolute atomic E-state index is 13.4. The van der Waals surface area contributed by atoms with Crippen molar-refractivity contribution in [3.63, 3.8) is 0 Å². The van der Waals surface area contributed by atoms with Gasteiger partial charge in [0.05, 0.1) is 14.2 Å². The lowest BCUT2D eigenvalue weighted by atomic mass is 9.85. The first-order chi connectivity index (χ1) is 16.8. The number of hydrogen-bond donors (Lipinski definition) is 2. The summed E-state index contributed by atoms with van der Waals surface area (Å²) in [5, 5.41) is 1.90. The normalized spacial score (nSPS) is 13.7. The summed E-state index contributed by atoms with van der Waals surface area (Å²) in [6.07, 6.45) is 5.37. The van der Waals surface area contributed by atoms with E-state index in [1.807, 2.05) is 45.0 Å². The van der Waals surface area contributed by atoms with Gasteiger partial charge in [-0.2, -0.15) is 0 Å². The molecule has 2 aromatic rings. The molecule has 7 nitrogen and oxygen atoms in total. The van der Waals surface area contributed by atoms with Crippen molar-refractivity contribution in [2.24, 2.45) is 5.73 Å². The van der Waals surface area contributed by atoms with Crippen LogP contribution in [0.1, 0.15) is 87.8 Å². The first-order valence-electron chi connectivity index (χ1n) is 12.4. The molecule has 2 atom stereocenters. The van der Waals surface area contributed by atoms with Crippen LogP contribution in [0.15, 0.2) is 36.4 Å². The second kappa shape index (κ2) is 12.6. The lowest BCUT2D eigenvalue weighted by Crippen LogP contribution is -2.23. The SMILES string of the molecule is CCCCCC(CC(=O)Nc1cc(C(N)S(C)(=O)=O)ccc1C(C)(C)C)c1ccc(OC)cc1OC. The second-order valence-electron chi connectivity index (χ2n) is 10.4. The van der Waals surface area contributed by atoms with Crippen molar-refractivity contribution in [2.45, 2.75) is 76.5 Å². The first kappa shape index (κ1) is 29.6. The van der Waals surface area contributed by atoms with Gasteiger partial charge in [0.1, 0.15) is 16.9 Å². The molecule has 0 bridgehead atoms. The standard InChI is InChI=1S/C28H42N2O5S/c1-8-9-10-11-19(22-14-13-21(34-5)18-25(22)35-6)17-26(31)30-24-16-20(27(29)36(7,32)33)12-15-23(24)28(2,3)4/h12-16,18-19,27H,8-11,17,29H2,1-7H3,(H,30,31). The highest BCUT2D eigenvalue weighted by atomic mass is 32.2. The summed E-state index contributed by atoms with van der Waals surface area (Å²) in [7, 11) is -0.263. The molecular weight excluding hydrogens is 476 g/mol. The van der Waals surface area contributed by atoms with Gasteiger partial charge in [0.15, 0.2) is 9.84 Å². The molecule has 0 fully saturated rings. The van der Waals surface area contributed by atoms with E-state index in [-0.39, 0.29) is 23.7 Å². The number of carbonyl (C=O) groups excluding carboxylic acids is 1. The summed E-state index contributed by atoms with van der Waals surface area (Å²) in [5.74, 6) is 1.20. The third-order valence-corrected chi connectivity index (χ3v) is 7.58. The smallest absolute Gasteiger partial charge is 0.224 e. The van der Waals surface area contributed by atoms with Crippen molar-refractivity contribution in [1.82, 2.24) is 0 Å². The van der Waals surface area contributed by atoms with Gasteiger partial charge in [-0.15, -0.1) is 0 Å². The number of rotatable bonds is 12. The van der Waals surface area contributed by atoms with Crippen LogP contribution in [0.25, 0.3) is 0 Å². The van der Waals surface area contributed by atoms with Gasteiger partial charge in [-0.05, 0) is 46.6 Å². The average Bonchev–Trinajstić information content (AvgIpc) is 2.81. The molecule has 0 heterocycles. The number of nitrogens with two attached hydrogens (primary N) is 1. The second-order valence-corrected chi connectivity index (χ2v) is 12.5. The number of carbonyl (C=O) groups is 1. The van der Waals surface area contributed by atoms with E-state index in [0.29, 0.717) is 22.7 Å². The zero-order valence-electron chi connectivity index (χ0n) is 22.7. The number of anilines is 1. The molecule has 0 aliphatic heterocycles. The molecule has 3 N–H and O–H groups in total. The molecule has 2 unspecified atom stereocenters. The van der Waals surface area contributed by atoms with Gasteiger partial charge in [0, 0.05) is 24.4 Å². The molecule has 2 aromatic carbocycles. The Morgan fingerprint density at radius 1 is 1.06 bits per heavy atom. The lowest BCUT2D eigenvalue weighted by molar-refractivity contribution is -0.116. The Kier molecular flexibility index (Phi) is 10.4. The van der Waals surface area contributed by atoms with Crippen LogP contribution < -0.4 is 20.5 Å². The summed E-state index contributed by atoms with van der Waals surface area (Å²) < 4.78 is 35.1. The fourth-order valence-corrected chi connectivity index (χ4v) is 4.97. The zero-order chi connectivity index (χ0) is 27.1. The van der Waals surface area contributed by atoms with Crippen LogP contribution >= 0.6 is 0 Å². The largest absolute Gasteiger partial charge is 0.497 e. The summed E-state index contributed by atoms with van der Waals surface area (Å²) in [6.45, 7) is 8.29. The van der Waals surface area contributed by atoms with Crippen molar-refractivity contribution >= 4 is 21.4 Å². The predicted molar refractivity (Wildman–Crippen MR) is 147 cm³/mol. The maximum Gasteiger partial charge on any atom is 0.224 e. The van der Waals surface area contributed by atoms with Crippen molar-refractivity contribution in [2.75, 3.05) is 25.8 Å². The minimum Gasteiger partial charge on any atom is -0.497 e. The molecule has 0 aliphatic rings. The predicted octanol–water partition coefficient (Wildman–Crippen LogP) is 5.70. The molecule has 0 saturated heterocycles. The van der Waals surface area contributed by atoms with E-state index in [1.165, 1.54) is 0 Å². The van der Waals surface area contributed by atoms with E-state index in [2.05, 4.69) is 12.2 Å². The highest BCUT2D eigenvalue weighted by Crippen LogP contribution is 2.37. The van der Waals surface area contributed by atoms with Crippen molar-refractivity contribution < 1.29 is 22.7 Å². The number of nitrogens with one attached hydrogen (secondary N) is 1. The van der Waals surface area contributed by atoms with E-state index in [1.54, 1.807) is 26.4 Å². The Labute approximate surface area is 216 Å². The minimum absolute atomic E-state index is 0.0445.